The van der Waals surface area contributed by atoms with Crippen molar-refractivity contribution in [2.45, 2.75) is 0 Å². The third-order valence-electron chi connectivity index (χ3n) is 1.44. The highest BCUT2D eigenvalue weighted by atomic mass is 79.9. The summed E-state index contributed by atoms with van der Waals surface area (Å²) in [4.78, 5) is 7.92. The van der Waals surface area contributed by atoms with Crippen molar-refractivity contribution in [1.82, 2.24) is 9.97 Å². The van der Waals surface area contributed by atoms with E-state index in [-0.39, 0.29) is 22.7 Å². The molecule has 0 bridgehead atoms. The van der Waals surface area contributed by atoms with Gasteiger partial charge in [-0.1, -0.05) is 0 Å². The number of fused-ring (bicyclic) bond motifs is 1. The quantitative estimate of drug-likeness (QED) is 0.747. The average molecular weight is 227 g/mol. The largest absolute Gasteiger partial charge is 0.506 e. The van der Waals surface area contributed by atoms with Gasteiger partial charge in [0, 0.05) is 11.6 Å². The van der Waals surface area contributed by atoms with E-state index < -0.39 is 0 Å². The van der Waals surface area contributed by atoms with Crippen LogP contribution in [0.2, 0.25) is 0 Å². The predicted octanol–water partition coefficient (Wildman–Crippen LogP) is 1.91. The Morgan fingerprint density at radius 1 is 1.25 bits per heavy atom. The molecule has 0 aromatic carbocycles. The number of hydrogen-bond acceptors (Lipinski definition) is 3. The fraction of sp³-hybridized carbons (Fsp3) is 0. The molecule has 62 valence electrons. The minimum absolute atomic E-state index is 0. The monoisotopic (exact) mass is 226 g/mol. The molecule has 2 aromatic heterocycles. The van der Waals surface area contributed by atoms with Crippen LogP contribution in [0.3, 0.4) is 0 Å². The average Bonchev–Trinajstić information content (AvgIpc) is 2.04. The Labute approximate surface area is 79.9 Å². The summed E-state index contributed by atoms with van der Waals surface area (Å²) in [5, 5.41) is 9.89. The second kappa shape index (κ2) is 3.49. The molecule has 0 fully saturated rings. The third kappa shape index (κ3) is 1.53. The molecule has 12 heavy (non-hydrogen) atoms. The van der Waals surface area contributed by atoms with Crippen molar-refractivity contribution in [3.63, 3.8) is 0 Å². The van der Waals surface area contributed by atoms with E-state index in [2.05, 4.69) is 9.97 Å². The number of rotatable bonds is 0. The second-order valence-corrected chi connectivity index (χ2v) is 2.24. The summed E-state index contributed by atoms with van der Waals surface area (Å²) in [7, 11) is 0. The molecular weight excluding hydrogens is 220 g/mol. The molecule has 0 amide bonds. The molecular formula is C8H7BrN2O. The van der Waals surface area contributed by atoms with Crippen LogP contribution in [-0.2, 0) is 0 Å². The normalized spacial score (nSPS) is 9.33. The Morgan fingerprint density at radius 3 is 2.92 bits per heavy atom. The fourth-order valence-corrected chi connectivity index (χ4v) is 0.954. The number of hydrogen-bond donors (Lipinski definition) is 1. The van der Waals surface area contributed by atoms with Gasteiger partial charge in [-0.25, -0.2) is 9.97 Å². The van der Waals surface area contributed by atoms with Gasteiger partial charge in [-0.05, 0) is 18.2 Å². The molecule has 2 aromatic rings. The Kier molecular flexibility index (Phi) is 2.60. The summed E-state index contributed by atoms with van der Waals surface area (Å²) in [6, 6.07) is 5.30. The highest BCUT2D eigenvalue weighted by molar-refractivity contribution is 8.93. The maximum absolute atomic E-state index is 9.04. The van der Waals surface area contributed by atoms with Crippen molar-refractivity contribution >= 4 is 28.0 Å². The SMILES string of the molecule is Br.Oc1cnc2ncccc2c1. The first-order valence-corrected chi connectivity index (χ1v) is 3.26. The van der Waals surface area contributed by atoms with E-state index >= 15 is 0 Å². The Morgan fingerprint density at radius 2 is 2.08 bits per heavy atom. The maximum atomic E-state index is 9.04. The van der Waals surface area contributed by atoms with E-state index in [1.807, 2.05) is 12.1 Å². The zero-order valence-corrected chi connectivity index (χ0v) is 7.85. The van der Waals surface area contributed by atoms with Gasteiger partial charge >= 0.3 is 0 Å². The zero-order chi connectivity index (χ0) is 7.68. The molecule has 1 N–H and O–H groups in total. The highest BCUT2D eigenvalue weighted by Crippen LogP contribution is 2.13. The topological polar surface area (TPSA) is 46.0 Å². The van der Waals surface area contributed by atoms with Gasteiger partial charge in [0.15, 0.2) is 5.65 Å². The molecule has 0 aliphatic carbocycles. The Bertz CT molecular complexity index is 391. The molecule has 0 spiro atoms. The van der Waals surface area contributed by atoms with Crippen molar-refractivity contribution < 1.29 is 5.11 Å². The molecule has 0 saturated carbocycles. The Hall–Kier alpha value is -1.16. The number of halogens is 1. The number of pyridine rings is 2. The summed E-state index contributed by atoms with van der Waals surface area (Å²) in [6.07, 6.45) is 3.06. The van der Waals surface area contributed by atoms with E-state index in [9.17, 15) is 0 Å². The van der Waals surface area contributed by atoms with Gasteiger partial charge in [0.1, 0.15) is 5.75 Å². The zero-order valence-electron chi connectivity index (χ0n) is 6.14. The molecule has 0 aliphatic heterocycles. The summed E-state index contributed by atoms with van der Waals surface area (Å²) in [5.41, 5.74) is 0.658. The molecule has 0 radical (unpaired) electrons. The van der Waals surface area contributed by atoms with Gasteiger partial charge in [0.2, 0.25) is 0 Å². The van der Waals surface area contributed by atoms with Gasteiger partial charge in [0.05, 0.1) is 6.20 Å². The molecule has 0 saturated heterocycles. The lowest BCUT2D eigenvalue weighted by atomic mass is 10.3. The van der Waals surface area contributed by atoms with Crippen molar-refractivity contribution in [1.29, 1.82) is 0 Å². The number of aromatic nitrogens is 2. The van der Waals surface area contributed by atoms with Crippen molar-refractivity contribution in [3.05, 3.63) is 30.6 Å². The van der Waals surface area contributed by atoms with Crippen LogP contribution >= 0.6 is 17.0 Å². The van der Waals surface area contributed by atoms with Crippen LogP contribution in [0, 0.1) is 0 Å². The highest BCUT2D eigenvalue weighted by Gasteiger charge is 1.94. The molecule has 0 unspecified atom stereocenters. The van der Waals surface area contributed by atoms with Crippen LogP contribution in [0.5, 0.6) is 5.75 Å². The van der Waals surface area contributed by atoms with Gasteiger partial charge in [-0.3, -0.25) is 0 Å². The van der Waals surface area contributed by atoms with E-state index in [0.29, 0.717) is 5.65 Å². The standard InChI is InChI=1S/C8H6N2O.BrH/c11-7-4-6-2-1-3-9-8(6)10-5-7;/h1-5,11H;1H. The van der Waals surface area contributed by atoms with Crippen LogP contribution in [0.1, 0.15) is 0 Å². The molecule has 2 heterocycles. The van der Waals surface area contributed by atoms with E-state index in [4.69, 9.17) is 5.11 Å². The lowest BCUT2D eigenvalue weighted by Crippen LogP contribution is -1.80. The molecule has 4 heteroatoms. The lowest BCUT2D eigenvalue weighted by Gasteiger charge is -1.94. The predicted molar refractivity (Wildman–Crippen MR) is 51.5 cm³/mol. The van der Waals surface area contributed by atoms with E-state index in [1.165, 1.54) is 6.20 Å². The maximum Gasteiger partial charge on any atom is 0.159 e. The molecule has 3 nitrogen and oxygen atoms in total. The van der Waals surface area contributed by atoms with E-state index in [0.717, 1.165) is 5.39 Å². The fourth-order valence-electron chi connectivity index (χ4n) is 0.954. The van der Waals surface area contributed by atoms with Crippen LogP contribution < -0.4 is 0 Å². The lowest BCUT2D eigenvalue weighted by molar-refractivity contribution is 0.474. The van der Waals surface area contributed by atoms with Crippen molar-refractivity contribution in [2.75, 3.05) is 0 Å². The van der Waals surface area contributed by atoms with Gasteiger partial charge < -0.3 is 5.11 Å². The van der Waals surface area contributed by atoms with E-state index in [1.54, 1.807) is 12.3 Å². The first-order valence-electron chi connectivity index (χ1n) is 3.26. The van der Waals surface area contributed by atoms with Crippen molar-refractivity contribution in [3.8, 4) is 5.75 Å². The summed E-state index contributed by atoms with van der Waals surface area (Å²) < 4.78 is 0. The van der Waals surface area contributed by atoms with Gasteiger partial charge in [-0.15, -0.1) is 17.0 Å². The van der Waals surface area contributed by atoms with Crippen LogP contribution in [0.15, 0.2) is 30.6 Å². The third-order valence-corrected chi connectivity index (χ3v) is 1.44. The van der Waals surface area contributed by atoms with Gasteiger partial charge in [-0.2, -0.15) is 0 Å². The number of nitrogens with zero attached hydrogens (tertiary/aromatic N) is 2. The summed E-state index contributed by atoms with van der Waals surface area (Å²) in [6.45, 7) is 0. The number of aromatic hydroxyl groups is 1. The smallest absolute Gasteiger partial charge is 0.159 e. The first kappa shape index (κ1) is 8.93. The molecule has 2 rings (SSSR count). The summed E-state index contributed by atoms with van der Waals surface area (Å²) >= 11 is 0. The van der Waals surface area contributed by atoms with Crippen molar-refractivity contribution in [2.24, 2.45) is 0 Å². The molecule has 0 atom stereocenters. The van der Waals surface area contributed by atoms with Crippen LogP contribution in [0.4, 0.5) is 0 Å². The molecule has 0 aliphatic rings. The van der Waals surface area contributed by atoms with Crippen LogP contribution in [-0.4, -0.2) is 15.1 Å². The summed E-state index contributed by atoms with van der Waals surface area (Å²) in [5.74, 6) is 0.172. The van der Waals surface area contributed by atoms with Crippen LogP contribution in [0.25, 0.3) is 11.0 Å². The second-order valence-electron chi connectivity index (χ2n) is 2.24. The Balaban J connectivity index is 0.000000720. The van der Waals surface area contributed by atoms with Gasteiger partial charge in [0.25, 0.3) is 0 Å². The minimum atomic E-state index is 0. The minimum Gasteiger partial charge on any atom is -0.506 e. The first-order chi connectivity index (χ1) is 5.36.